The SMILES string of the molecule is O=C(NCC#Cc1ccc2cn[nH]c2c1)OCc1ccccc1. The zero-order chi connectivity index (χ0) is 15.9. The average Bonchev–Trinajstić information content (AvgIpc) is 3.05. The molecular formula is C18H15N3O2. The second-order valence-corrected chi connectivity index (χ2v) is 4.89. The van der Waals surface area contributed by atoms with E-state index >= 15 is 0 Å². The van der Waals surface area contributed by atoms with E-state index in [1.165, 1.54) is 0 Å². The Balaban J connectivity index is 1.46. The molecule has 0 radical (unpaired) electrons. The molecule has 0 spiro atoms. The van der Waals surface area contributed by atoms with Gasteiger partial charge in [-0.15, -0.1) is 0 Å². The summed E-state index contributed by atoms with van der Waals surface area (Å²) in [6, 6.07) is 15.3. The minimum absolute atomic E-state index is 0.231. The highest BCUT2D eigenvalue weighted by molar-refractivity contribution is 5.79. The van der Waals surface area contributed by atoms with Gasteiger partial charge in [0, 0.05) is 10.9 Å². The van der Waals surface area contributed by atoms with Crippen molar-refractivity contribution in [3.63, 3.8) is 0 Å². The summed E-state index contributed by atoms with van der Waals surface area (Å²) in [4.78, 5) is 11.6. The molecule has 0 unspecified atom stereocenters. The third-order valence-electron chi connectivity index (χ3n) is 3.21. The van der Waals surface area contributed by atoms with Crippen LogP contribution in [0.3, 0.4) is 0 Å². The molecule has 2 N–H and O–H groups in total. The van der Waals surface area contributed by atoms with E-state index in [1.807, 2.05) is 48.5 Å². The van der Waals surface area contributed by atoms with Gasteiger partial charge in [-0.05, 0) is 23.8 Å². The normalized spacial score (nSPS) is 9.91. The first-order valence-electron chi connectivity index (χ1n) is 7.18. The monoisotopic (exact) mass is 305 g/mol. The van der Waals surface area contributed by atoms with Gasteiger partial charge in [0.15, 0.2) is 0 Å². The molecule has 0 saturated heterocycles. The maximum atomic E-state index is 11.6. The molecule has 23 heavy (non-hydrogen) atoms. The third-order valence-corrected chi connectivity index (χ3v) is 3.21. The van der Waals surface area contributed by atoms with Gasteiger partial charge in [0.25, 0.3) is 0 Å². The predicted octanol–water partition coefficient (Wildman–Crippen LogP) is 2.84. The maximum absolute atomic E-state index is 11.6. The number of H-pyrrole nitrogens is 1. The first-order valence-corrected chi connectivity index (χ1v) is 7.18. The Labute approximate surface area is 133 Å². The number of nitrogens with one attached hydrogen (secondary N) is 2. The molecule has 0 aliphatic rings. The summed E-state index contributed by atoms with van der Waals surface area (Å²) in [5, 5.41) is 10.5. The van der Waals surface area contributed by atoms with Gasteiger partial charge in [-0.25, -0.2) is 4.79 Å². The molecule has 3 aromatic rings. The first kappa shape index (κ1) is 14.7. The number of aromatic amines is 1. The molecule has 5 heteroatoms. The lowest BCUT2D eigenvalue weighted by atomic mass is 10.2. The molecule has 2 aromatic carbocycles. The highest BCUT2D eigenvalue weighted by Gasteiger charge is 2.00. The summed E-state index contributed by atoms with van der Waals surface area (Å²) < 4.78 is 5.10. The molecule has 0 atom stereocenters. The van der Waals surface area contributed by atoms with Gasteiger partial charge in [0.1, 0.15) is 6.61 Å². The summed E-state index contributed by atoms with van der Waals surface area (Å²) in [7, 11) is 0. The van der Waals surface area contributed by atoms with Crippen LogP contribution >= 0.6 is 0 Å². The van der Waals surface area contributed by atoms with Crippen LogP contribution in [0, 0.1) is 11.8 Å². The van der Waals surface area contributed by atoms with Crippen molar-refractivity contribution in [2.75, 3.05) is 6.54 Å². The fourth-order valence-corrected chi connectivity index (χ4v) is 2.05. The van der Waals surface area contributed by atoms with Crippen LogP contribution in [0.2, 0.25) is 0 Å². The van der Waals surface area contributed by atoms with Crippen molar-refractivity contribution in [2.45, 2.75) is 6.61 Å². The number of aromatic nitrogens is 2. The van der Waals surface area contributed by atoms with Crippen molar-refractivity contribution in [1.82, 2.24) is 15.5 Å². The molecule has 114 valence electrons. The summed E-state index contributed by atoms with van der Waals surface area (Å²) in [5.41, 5.74) is 2.75. The summed E-state index contributed by atoms with van der Waals surface area (Å²) in [5.74, 6) is 5.88. The maximum Gasteiger partial charge on any atom is 0.408 e. The number of fused-ring (bicyclic) bond motifs is 1. The van der Waals surface area contributed by atoms with E-state index in [1.54, 1.807) is 6.20 Å². The Morgan fingerprint density at radius 3 is 2.96 bits per heavy atom. The number of nitrogens with zero attached hydrogens (tertiary/aromatic N) is 1. The average molecular weight is 305 g/mol. The minimum atomic E-state index is -0.479. The number of hydrogen-bond acceptors (Lipinski definition) is 3. The van der Waals surface area contributed by atoms with E-state index in [0.29, 0.717) is 0 Å². The number of benzene rings is 2. The number of carbonyl (C=O) groups is 1. The fraction of sp³-hybridized carbons (Fsp3) is 0.111. The lowest BCUT2D eigenvalue weighted by molar-refractivity contribution is 0.141. The van der Waals surface area contributed by atoms with Gasteiger partial charge < -0.3 is 10.1 Å². The largest absolute Gasteiger partial charge is 0.445 e. The number of carbonyl (C=O) groups excluding carboxylic acids is 1. The van der Waals surface area contributed by atoms with Gasteiger partial charge in [0.2, 0.25) is 0 Å². The fourth-order valence-electron chi connectivity index (χ4n) is 2.05. The highest BCUT2D eigenvalue weighted by Crippen LogP contribution is 2.11. The van der Waals surface area contributed by atoms with Crippen LogP contribution in [0.25, 0.3) is 10.9 Å². The topological polar surface area (TPSA) is 67.0 Å². The van der Waals surface area contributed by atoms with Gasteiger partial charge >= 0.3 is 6.09 Å². The second-order valence-electron chi connectivity index (χ2n) is 4.89. The number of ether oxygens (including phenoxy) is 1. The lowest BCUT2D eigenvalue weighted by Crippen LogP contribution is -2.24. The third kappa shape index (κ3) is 4.11. The summed E-state index contributed by atoms with van der Waals surface area (Å²) >= 11 is 0. The zero-order valence-electron chi connectivity index (χ0n) is 12.4. The summed E-state index contributed by atoms with van der Waals surface area (Å²) in [6.07, 6.45) is 1.28. The number of hydrogen-bond donors (Lipinski definition) is 2. The van der Waals surface area contributed by atoms with Crippen LogP contribution in [0.15, 0.2) is 54.7 Å². The molecule has 1 aromatic heterocycles. The second kappa shape index (κ2) is 7.14. The van der Waals surface area contributed by atoms with Gasteiger partial charge in [0.05, 0.1) is 18.3 Å². The number of amides is 1. The van der Waals surface area contributed by atoms with Crippen molar-refractivity contribution < 1.29 is 9.53 Å². The predicted molar refractivity (Wildman–Crippen MR) is 87.6 cm³/mol. The molecule has 1 heterocycles. The molecule has 0 bridgehead atoms. The Kier molecular flexibility index (Phi) is 4.55. The first-order chi connectivity index (χ1) is 11.3. The Morgan fingerprint density at radius 2 is 2.09 bits per heavy atom. The number of rotatable bonds is 3. The van der Waals surface area contributed by atoms with Crippen LogP contribution in [-0.4, -0.2) is 22.8 Å². The van der Waals surface area contributed by atoms with Crippen molar-refractivity contribution in [3.8, 4) is 11.8 Å². The van der Waals surface area contributed by atoms with E-state index in [4.69, 9.17) is 4.74 Å². The molecular weight excluding hydrogens is 290 g/mol. The van der Waals surface area contributed by atoms with Crippen molar-refractivity contribution in [3.05, 3.63) is 65.9 Å². The van der Waals surface area contributed by atoms with Gasteiger partial charge in [-0.1, -0.05) is 42.2 Å². The molecule has 5 nitrogen and oxygen atoms in total. The van der Waals surface area contributed by atoms with Crippen LogP contribution in [0.4, 0.5) is 4.79 Å². The molecule has 1 amide bonds. The van der Waals surface area contributed by atoms with Crippen LogP contribution in [0.1, 0.15) is 11.1 Å². The van der Waals surface area contributed by atoms with Gasteiger partial charge in [-0.3, -0.25) is 5.10 Å². The Bertz CT molecular complexity index is 860. The molecule has 0 aliphatic carbocycles. The highest BCUT2D eigenvalue weighted by atomic mass is 16.5. The van der Waals surface area contributed by atoms with Crippen LogP contribution in [0.5, 0.6) is 0 Å². The smallest absolute Gasteiger partial charge is 0.408 e. The minimum Gasteiger partial charge on any atom is -0.445 e. The van der Waals surface area contributed by atoms with Gasteiger partial charge in [-0.2, -0.15) is 5.10 Å². The van der Waals surface area contributed by atoms with E-state index in [-0.39, 0.29) is 13.2 Å². The molecule has 0 fully saturated rings. The zero-order valence-corrected chi connectivity index (χ0v) is 12.4. The van der Waals surface area contributed by atoms with E-state index < -0.39 is 6.09 Å². The Hall–Kier alpha value is -3.26. The molecule has 0 saturated carbocycles. The van der Waals surface area contributed by atoms with E-state index in [9.17, 15) is 4.79 Å². The van der Waals surface area contributed by atoms with Crippen molar-refractivity contribution in [2.24, 2.45) is 0 Å². The van der Waals surface area contributed by atoms with Crippen LogP contribution in [-0.2, 0) is 11.3 Å². The van der Waals surface area contributed by atoms with Crippen LogP contribution < -0.4 is 5.32 Å². The molecule has 3 rings (SSSR count). The quantitative estimate of drug-likeness (QED) is 0.731. The summed E-state index contributed by atoms with van der Waals surface area (Å²) in [6.45, 7) is 0.477. The Morgan fingerprint density at radius 1 is 1.22 bits per heavy atom. The molecule has 0 aliphatic heterocycles. The van der Waals surface area contributed by atoms with Crippen molar-refractivity contribution >= 4 is 17.0 Å². The lowest BCUT2D eigenvalue weighted by Gasteiger charge is -2.04. The van der Waals surface area contributed by atoms with E-state index in [0.717, 1.165) is 22.0 Å². The number of alkyl carbamates (subject to hydrolysis) is 1. The van der Waals surface area contributed by atoms with Crippen molar-refractivity contribution in [1.29, 1.82) is 0 Å². The van der Waals surface area contributed by atoms with E-state index in [2.05, 4.69) is 27.4 Å². The standard InChI is InChI=1S/C18H15N3O2/c22-18(23-13-15-5-2-1-3-6-15)19-10-4-7-14-8-9-16-12-20-21-17(16)11-14/h1-3,5-6,8-9,11-12H,10,13H2,(H,19,22)(H,20,21).